The highest BCUT2D eigenvalue weighted by Crippen LogP contribution is 2.32. The van der Waals surface area contributed by atoms with E-state index in [2.05, 4.69) is 5.32 Å². The van der Waals surface area contributed by atoms with Crippen molar-refractivity contribution < 1.29 is 31.9 Å². The summed E-state index contributed by atoms with van der Waals surface area (Å²) in [6.07, 6.45) is 0. The summed E-state index contributed by atoms with van der Waals surface area (Å²) in [6.45, 7) is 2.90. The Morgan fingerprint density at radius 1 is 0.974 bits per heavy atom. The lowest BCUT2D eigenvalue weighted by Crippen LogP contribution is -2.50. The summed E-state index contributed by atoms with van der Waals surface area (Å²) in [7, 11) is -0.102. The number of likely N-dealkylation sites (N-methyl/N-ethyl adjacent to an activating group) is 1. The van der Waals surface area contributed by atoms with Gasteiger partial charge in [0, 0.05) is 19.7 Å². The van der Waals surface area contributed by atoms with E-state index in [0.29, 0.717) is 5.75 Å². The lowest BCUT2D eigenvalue weighted by molar-refractivity contribution is -0.139. The number of hydrogen-bond donors (Lipinski definition) is 1. The van der Waals surface area contributed by atoms with E-state index < -0.39 is 40.2 Å². The minimum absolute atomic E-state index is 0.0719. The van der Waals surface area contributed by atoms with E-state index in [9.17, 15) is 22.4 Å². The fraction of sp³-hybridized carbons (Fsp3) is 0.286. The van der Waals surface area contributed by atoms with Crippen molar-refractivity contribution in [3.8, 4) is 11.5 Å². The SMILES string of the molecule is CNC(=O)[C@@H](C)N(Cc1cccc(C)c1)C(=O)CN(c1ccc(F)cc1)S(=O)(=O)c1ccc(OC)c(OC)c1. The third kappa shape index (κ3) is 6.85. The molecule has 0 spiro atoms. The van der Waals surface area contributed by atoms with Crippen molar-refractivity contribution in [3.63, 3.8) is 0 Å². The van der Waals surface area contributed by atoms with Crippen LogP contribution in [0.25, 0.3) is 0 Å². The van der Waals surface area contributed by atoms with Gasteiger partial charge >= 0.3 is 0 Å². The largest absolute Gasteiger partial charge is 0.493 e. The second-order valence-electron chi connectivity index (χ2n) is 8.81. The van der Waals surface area contributed by atoms with Gasteiger partial charge < -0.3 is 19.7 Å². The Hall–Kier alpha value is -4.12. The third-order valence-corrected chi connectivity index (χ3v) is 7.96. The molecule has 1 atom stereocenters. The number of hydrogen-bond acceptors (Lipinski definition) is 6. The van der Waals surface area contributed by atoms with Gasteiger partial charge in [-0.25, -0.2) is 12.8 Å². The highest BCUT2D eigenvalue weighted by Gasteiger charge is 2.33. The minimum atomic E-state index is -4.36. The van der Waals surface area contributed by atoms with Crippen LogP contribution in [0.5, 0.6) is 11.5 Å². The van der Waals surface area contributed by atoms with Crippen LogP contribution < -0.4 is 19.1 Å². The minimum Gasteiger partial charge on any atom is -0.493 e. The van der Waals surface area contributed by atoms with Crippen molar-refractivity contribution in [2.24, 2.45) is 0 Å². The molecule has 0 bridgehead atoms. The zero-order chi connectivity index (χ0) is 28.7. The first-order valence-corrected chi connectivity index (χ1v) is 13.5. The van der Waals surface area contributed by atoms with E-state index in [1.165, 1.54) is 56.5 Å². The summed E-state index contributed by atoms with van der Waals surface area (Å²) in [5.41, 5.74) is 1.81. The predicted octanol–water partition coefficient (Wildman–Crippen LogP) is 3.51. The molecule has 0 aliphatic carbocycles. The number of halogens is 1. The van der Waals surface area contributed by atoms with Crippen molar-refractivity contribution in [1.29, 1.82) is 0 Å². The van der Waals surface area contributed by atoms with Gasteiger partial charge in [0.25, 0.3) is 10.0 Å². The number of methoxy groups -OCH3 is 2. The van der Waals surface area contributed by atoms with E-state index in [0.717, 1.165) is 27.6 Å². The summed E-state index contributed by atoms with van der Waals surface area (Å²) in [6, 6.07) is 15.4. The maximum absolute atomic E-state index is 13.9. The molecular formula is C28H32FN3O6S. The van der Waals surface area contributed by atoms with E-state index in [1.54, 1.807) is 6.92 Å². The average molecular weight is 558 g/mol. The lowest BCUT2D eigenvalue weighted by Gasteiger charge is -2.32. The van der Waals surface area contributed by atoms with Crippen molar-refractivity contribution >= 4 is 27.5 Å². The number of carbonyl (C=O) groups is 2. The molecule has 208 valence electrons. The van der Waals surface area contributed by atoms with Crippen LogP contribution in [0.1, 0.15) is 18.1 Å². The van der Waals surface area contributed by atoms with E-state index in [1.807, 2.05) is 31.2 Å². The van der Waals surface area contributed by atoms with E-state index in [-0.39, 0.29) is 22.9 Å². The van der Waals surface area contributed by atoms with Gasteiger partial charge in [-0.15, -0.1) is 0 Å². The van der Waals surface area contributed by atoms with Crippen LogP contribution in [-0.2, 0) is 26.2 Å². The Bertz CT molecular complexity index is 1430. The molecule has 11 heteroatoms. The lowest BCUT2D eigenvalue weighted by atomic mass is 10.1. The molecule has 0 aliphatic heterocycles. The van der Waals surface area contributed by atoms with Crippen LogP contribution in [0.15, 0.2) is 71.6 Å². The molecule has 0 unspecified atom stereocenters. The van der Waals surface area contributed by atoms with Gasteiger partial charge in [-0.2, -0.15) is 0 Å². The smallest absolute Gasteiger partial charge is 0.264 e. The number of ether oxygens (including phenoxy) is 2. The second kappa shape index (κ2) is 12.6. The van der Waals surface area contributed by atoms with Crippen LogP contribution in [0.2, 0.25) is 0 Å². The fourth-order valence-corrected chi connectivity index (χ4v) is 5.47. The summed E-state index contributed by atoms with van der Waals surface area (Å²) < 4.78 is 52.9. The highest BCUT2D eigenvalue weighted by atomic mass is 32.2. The van der Waals surface area contributed by atoms with Crippen molar-refractivity contribution in [1.82, 2.24) is 10.2 Å². The van der Waals surface area contributed by atoms with Gasteiger partial charge in [0.1, 0.15) is 18.4 Å². The fourth-order valence-electron chi connectivity index (χ4n) is 4.04. The number of benzene rings is 3. The molecule has 9 nitrogen and oxygen atoms in total. The molecule has 3 aromatic rings. The number of sulfonamides is 1. The zero-order valence-corrected chi connectivity index (χ0v) is 23.3. The number of carbonyl (C=O) groups excluding carboxylic acids is 2. The Balaban J connectivity index is 2.07. The van der Waals surface area contributed by atoms with Gasteiger partial charge in [-0.05, 0) is 55.8 Å². The van der Waals surface area contributed by atoms with Gasteiger partial charge in [-0.1, -0.05) is 29.8 Å². The van der Waals surface area contributed by atoms with Crippen molar-refractivity contribution in [3.05, 3.63) is 83.7 Å². The molecule has 0 radical (unpaired) electrons. The summed E-state index contributed by atoms with van der Waals surface area (Å²) in [5.74, 6) is -1.10. The standard InChI is InChI=1S/C28H32FN3O6S/c1-19-7-6-8-21(15-19)17-31(20(2)28(34)30-3)27(33)18-32(23-11-9-22(29)10-12-23)39(35,36)24-13-14-25(37-4)26(16-24)38-5/h6-16,20H,17-18H2,1-5H3,(H,30,34)/t20-/m1/s1. The number of amides is 2. The third-order valence-electron chi connectivity index (χ3n) is 6.19. The normalized spacial score (nSPS) is 11.8. The van der Waals surface area contributed by atoms with Crippen LogP contribution in [0.4, 0.5) is 10.1 Å². The topological polar surface area (TPSA) is 105 Å². The monoisotopic (exact) mass is 557 g/mol. The molecule has 1 N–H and O–H groups in total. The molecule has 0 heterocycles. The zero-order valence-electron chi connectivity index (χ0n) is 22.5. The molecule has 3 rings (SSSR count). The van der Waals surface area contributed by atoms with Crippen LogP contribution in [-0.4, -0.2) is 59.0 Å². The number of aryl methyl sites for hydroxylation is 1. The van der Waals surface area contributed by atoms with Gasteiger partial charge in [0.2, 0.25) is 11.8 Å². The van der Waals surface area contributed by atoms with E-state index >= 15 is 0 Å². The van der Waals surface area contributed by atoms with Crippen molar-refractivity contribution in [2.45, 2.75) is 31.3 Å². The number of rotatable bonds is 11. The average Bonchev–Trinajstić information content (AvgIpc) is 2.93. The summed E-state index contributed by atoms with van der Waals surface area (Å²) >= 11 is 0. The number of nitrogens with zero attached hydrogens (tertiary/aromatic N) is 2. The van der Waals surface area contributed by atoms with Crippen LogP contribution in [0, 0.1) is 12.7 Å². The molecule has 0 fully saturated rings. The quantitative estimate of drug-likeness (QED) is 0.387. The molecule has 0 saturated heterocycles. The van der Waals surface area contributed by atoms with Crippen LogP contribution >= 0.6 is 0 Å². The Labute approximate surface area is 228 Å². The molecule has 39 heavy (non-hydrogen) atoms. The molecule has 0 saturated carbocycles. The summed E-state index contributed by atoms with van der Waals surface area (Å²) in [5, 5.41) is 2.54. The number of nitrogens with one attached hydrogen (secondary N) is 1. The second-order valence-corrected chi connectivity index (χ2v) is 10.7. The Morgan fingerprint density at radius 3 is 2.23 bits per heavy atom. The Kier molecular flexibility index (Phi) is 9.52. The van der Waals surface area contributed by atoms with Gasteiger partial charge in [0.05, 0.1) is 24.8 Å². The predicted molar refractivity (Wildman–Crippen MR) is 146 cm³/mol. The molecule has 0 aliphatic rings. The number of anilines is 1. The molecule has 2 amide bonds. The van der Waals surface area contributed by atoms with Gasteiger partial charge in [-0.3, -0.25) is 13.9 Å². The molecule has 3 aromatic carbocycles. The Morgan fingerprint density at radius 2 is 1.64 bits per heavy atom. The molecule has 0 aromatic heterocycles. The maximum Gasteiger partial charge on any atom is 0.264 e. The van der Waals surface area contributed by atoms with E-state index in [4.69, 9.17) is 9.47 Å². The van der Waals surface area contributed by atoms with Crippen molar-refractivity contribution in [2.75, 3.05) is 32.1 Å². The first-order valence-electron chi connectivity index (χ1n) is 12.1. The first-order chi connectivity index (χ1) is 18.5. The molecular weight excluding hydrogens is 525 g/mol. The first kappa shape index (κ1) is 29.4. The highest BCUT2D eigenvalue weighted by molar-refractivity contribution is 7.92. The maximum atomic E-state index is 13.9. The van der Waals surface area contributed by atoms with Crippen LogP contribution in [0.3, 0.4) is 0 Å². The summed E-state index contributed by atoms with van der Waals surface area (Å²) in [4.78, 5) is 27.5. The van der Waals surface area contributed by atoms with Gasteiger partial charge in [0.15, 0.2) is 11.5 Å².